The molecule has 0 unspecified atom stereocenters. The van der Waals surface area contributed by atoms with Crippen LogP contribution in [0.3, 0.4) is 0 Å². The zero-order chi connectivity index (χ0) is 14.5. The van der Waals surface area contributed by atoms with Gasteiger partial charge >= 0.3 is 0 Å². The third kappa shape index (κ3) is 3.29. The van der Waals surface area contributed by atoms with Gasteiger partial charge in [-0.3, -0.25) is 19.7 Å². The summed E-state index contributed by atoms with van der Waals surface area (Å²) in [4.78, 5) is 35.1. The molecule has 1 aromatic heterocycles. The number of nitro benzene ring substituents is 1. The third-order valence-electron chi connectivity index (χ3n) is 2.65. The fraction of sp³-hybridized carbons (Fsp3) is 0.0769. The number of nitrogens with one attached hydrogen (secondary N) is 2. The highest BCUT2D eigenvalue weighted by molar-refractivity contribution is 5.93. The molecule has 1 heterocycles. The first-order chi connectivity index (χ1) is 9.56. The number of pyridine rings is 1. The van der Waals surface area contributed by atoms with Crippen LogP contribution in [-0.4, -0.2) is 15.8 Å². The van der Waals surface area contributed by atoms with Gasteiger partial charge in [-0.1, -0.05) is 12.1 Å². The van der Waals surface area contributed by atoms with Crippen LogP contribution in [-0.2, 0) is 6.54 Å². The van der Waals surface area contributed by atoms with E-state index in [9.17, 15) is 19.7 Å². The molecular weight excluding hydrogens is 262 g/mol. The summed E-state index contributed by atoms with van der Waals surface area (Å²) in [6.07, 6.45) is 1.33. The Labute approximate surface area is 113 Å². The number of hydrogen-bond acceptors (Lipinski definition) is 4. The first kappa shape index (κ1) is 13.5. The number of aromatic amines is 1. The van der Waals surface area contributed by atoms with Crippen LogP contribution in [0.25, 0.3) is 0 Å². The van der Waals surface area contributed by atoms with E-state index in [1.54, 1.807) is 12.1 Å². The molecule has 0 atom stereocenters. The third-order valence-corrected chi connectivity index (χ3v) is 2.65. The Balaban J connectivity index is 1.98. The van der Waals surface area contributed by atoms with Crippen LogP contribution in [0.15, 0.2) is 47.4 Å². The van der Waals surface area contributed by atoms with Crippen LogP contribution in [0.4, 0.5) is 5.69 Å². The van der Waals surface area contributed by atoms with Gasteiger partial charge in [0.2, 0.25) is 5.56 Å². The molecule has 0 spiro atoms. The summed E-state index contributed by atoms with van der Waals surface area (Å²) < 4.78 is 0. The van der Waals surface area contributed by atoms with Crippen molar-refractivity contribution in [2.45, 2.75) is 6.54 Å². The number of benzene rings is 1. The summed E-state index contributed by atoms with van der Waals surface area (Å²) in [7, 11) is 0. The van der Waals surface area contributed by atoms with E-state index >= 15 is 0 Å². The van der Waals surface area contributed by atoms with Crippen molar-refractivity contribution in [3.63, 3.8) is 0 Å². The summed E-state index contributed by atoms with van der Waals surface area (Å²) in [5.74, 6) is -0.334. The molecule has 0 aliphatic heterocycles. The topological polar surface area (TPSA) is 105 Å². The molecule has 1 aromatic carbocycles. The number of nitrogens with zero attached hydrogens (tertiary/aromatic N) is 1. The van der Waals surface area contributed by atoms with Crippen LogP contribution in [0.2, 0.25) is 0 Å². The van der Waals surface area contributed by atoms with Crippen molar-refractivity contribution < 1.29 is 9.72 Å². The summed E-state index contributed by atoms with van der Waals surface area (Å²) in [6.45, 7) is 0.246. The van der Waals surface area contributed by atoms with Gasteiger partial charge in [0.25, 0.3) is 11.6 Å². The lowest BCUT2D eigenvalue weighted by Crippen LogP contribution is -2.23. The van der Waals surface area contributed by atoms with Crippen molar-refractivity contribution in [1.82, 2.24) is 10.3 Å². The van der Waals surface area contributed by atoms with Gasteiger partial charge in [-0.25, -0.2) is 0 Å². The van der Waals surface area contributed by atoms with Gasteiger partial charge in [0, 0.05) is 30.9 Å². The second-order valence-corrected chi connectivity index (χ2v) is 4.05. The number of carbonyl (C=O) groups is 1. The van der Waals surface area contributed by atoms with Gasteiger partial charge in [-0.05, 0) is 11.6 Å². The van der Waals surface area contributed by atoms with Crippen molar-refractivity contribution in [1.29, 1.82) is 0 Å². The Morgan fingerprint density at radius 3 is 2.45 bits per heavy atom. The summed E-state index contributed by atoms with van der Waals surface area (Å²) in [6, 6.07) is 8.59. The van der Waals surface area contributed by atoms with E-state index in [1.165, 1.54) is 30.5 Å². The Morgan fingerprint density at radius 1 is 1.20 bits per heavy atom. The SMILES string of the molecule is O=C(NCc1ccc([N+](=O)[O-])cc1)c1ccc(=O)[nH]c1. The molecule has 7 nitrogen and oxygen atoms in total. The van der Waals surface area contributed by atoms with Gasteiger partial charge in [0.1, 0.15) is 0 Å². The molecule has 0 saturated heterocycles. The molecule has 20 heavy (non-hydrogen) atoms. The van der Waals surface area contributed by atoms with Crippen LogP contribution in [0.5, 0.6) is 0 Å². The predicted octanol–water partition coefficient (Wildman–Crippen LogP) is 1.21. The summed E-state index contributed by atoms with van der Waals surface area (Å²) in [5, 5.41) is 13.2. The Hall–Kier alpha value is -2.96. The average molecular weight is 273 g/mol. The number of aromatic nitrogens is 1. The van der Waals surface area contributed by atoms with E-state index < -0.39 is 4.92 Å². The molecule has 2 rings (SSSR count). The number of H-pyrrole nitrogens is 1. The number of hydrogen-bond donors (Lipinski definition) is 2. The molecule has 2 aromatic rings. The Bertz CT molecular complexity index is 671. The standard InChI is InChI=1S/C13H11N3O4/c17-12-6-3-10(8-14-12)13(18)15-7-9-1-4-11(5-2-9)16(19)20/h1-6,8H,7H2,(H,14,17)(H,15,18). The second-order valence-electron chi connectivity index (χ2n) is 4.05. The highest BCUT2D eigenvalue weighted by Crippen LogP contribution is 2.11. The average Bonchev–Trinajstić information content (AvgIpc) is 2.46. The van der Waals surface area contributed by atoms with E-state index in [1.807, 2.05) is 0 Å². The van der Waals surface area contributed by atoms with E-state index in [0.717, 1.165) is 5.56 Å². The van der Waals surface area contributed by atoms with E-state index in [0.29, 0.717) is 5.56 Å². The van der Waals surface area contributed by atoms with E-state index in [4.69, 9.17) is 0 Å². The monoisotopic (exact) mass is 273 g/mol. The zero-order valence-corrected chi connectivity index (χ0v) is 10.3. The van der Waals surface area contributed by atoms with Gasteiger partial charge in [-0.15, -0.1) is 0 Å². The van der Waals surface area contributed by atoms with Crippen molar-refractivity contribution >= 4 is 11.6 Å². The maximum atomic E-state index is 11.8. The zero-order valence-electron chi connectivity index (χ0n) is 10.3. The number of rotatable bonds is 4. The molecule has 102 valence electrons. The minimum absolute atomic E-state index is 0.000658. The second kappa shape index (κ2) is 5.79. The molecule has 2 N–H and O–H groups in total. The van der Waals surface area contributed by atoms with Gasteiger partial charge in [-0.2, -0.15) is 0 Å². The quantitative estimate of drug-likeness (QED) is 0.645. The molecule has 1 amide bonds. The molecular formula is C13H11N3O4. The molecule has 0 aliphatic carbocycles. The number of amides is 1. The number of non-ortho nitro benzene ring substituents is 1. The van der Waals surface area contributed by atoms with E-state index in [2.05, 4.69) is 10.3 Å². The van der Waals surface area contributed by atoms with Gasteiger partial charge in [0.05, 0.1) is 10.5 Å². The number of carbonyl (C=O) groups excluding carboxylic acids is 1. The van der Waals surface area contributed by atoms with Gasteiger partial charge < -0.3 is 10.3 Å². The normalized spacial score (nSPS) is 10.0. The molecule has 0 fully saturated rings. The fourth-order valence-corrected chi connectivity index (χ4v) is 1.57. The predicted molar refractivity (Wildman–Crippen MR) is 71.3 cm³/mol. The lowest BCUT2D eigenvalue weighted by atomic mass is 10.2. The van der Waals surface area contributed by atoms with Crippen molar-refractivity contribution in [3.05, 3.63) is 74.2 Å². The summed E-state index contributed by atoms with van der Waals surface area (Å²) in [5.41, 5.74) is 0.803. The highest BCUT2D eigenvalue weighted by atomic mass is 16.6. The van der Waals surface area contributed by atoms with Crippen LogP contribution >= 0.6 is 0 Å². The molecule has 0 aliphatic rings. The lowest BCUT2D eigenvalue weighted by Gasteiger charge is -2.04. The van der Waals surface area contributed by atoms with Crippen LogP contribution < -0.4 is 10.9 Å². The first-order valence-electron chi connectivity index (χ1n) is 5.76. The fourth-order valence-electron chi connectivity index (χ4n) is 1.57. The molecule has 0 radical (unpaired) electrons. The minimum atomic E-state index is -0.483. The largest absolute Gasteiger partial charge is 0.348 e. The summed E-state index contributed by atoms with van der Waals surface area (Å²) >= 11 is 0. The minimum Gasteiger partial charge on any atom is -0.348 e. The Morgan fingerprint density at radius 2 is 1.90 bits per heavy atom. The van der Waals surface area contributed by atoms with Crippen molar-refractivity contribution in [3.8, 4) is 0 Å². The smallest absolute Gasteiger partial charge is 0.269 e. The van der Waals surface area contributed by atoms with Crippen molar-refractivity contribution in [2.75, 3.05) is 0 Å². The van der Waals surface area contributed by atoms with Crippen LogP contribution in [0.1, 0.15) is 15.9 Å². The maximum Gasteiger partial charge on any atom is 0.269 e. The van der Waals surface area contributed by atoms with Gasteiger partial charge in [0.15, 0.2) is 0 Å². The lowest BCUT2D eigenvalue weighted by molar-refractivity contribution is -0.384. The Kier molecular flexibility index (Phi) is 3.90. The first-order valence-corrected chi connectivity index (χ1v) is 5.76. The molecule has 7 heteroatoms. The molecule has 0 bridgehead atoms. The number of nitro groups is 1. The van der Waals surface area contributed by atoms with Crippen LogP contribution in [0, 0.1) is 10.1 Å². The van der Waals surface area contributed by atoms with E-state index in [-0.39, 0.29) is 23.7 Å². The molecule has 0 saturated carbocycles. The van der Waals surface area contributed by atoms with Crippen molar-refractivity contribution in [2.24, 2.45) is 0 Å². The maximum absolute atomic E-state index is 11.8. The highest BCUT2D eigenvalue weighted by Gasteiger charge is 2.07.